The number of nitrogens with zero attached hydrogens (tertiary/aromatic N) is 2. The number of halogens is 2. The van der Waals surface area contributed by atoms with Gasteiger partial charge in [0.2, 0.25) is 0 Å². The largest absolute Gasteiger partial charge is 0.489 e. The van der Waals surface area contributed by atoms with Gasteiger partial charge in [-0.25, -0.2) is 4.68 Å². The van der Waals surface area contributed by atoms with E-state index in [0.717, 1.165) is 65.4 Å². The summed E-state index contributed by atoms with van der Waals surface area (Å²) >= 11 is 13.1. The van der Waals surface area contributed by atoms with Gasteiger partial charge in [0.05, 0.1) is 15.7 Å². The Balaban J connectivity index is 1.49. The Bertz CT molecular complexity index is 1200. The number of hydrogen-bond acceptors (Lipinski definition) is 3. The summed E-state index contributed by atoms with van der Waals surface area (Å²) < 4.78 is 7.90. The summed E-state index contributed by atoms with van der Waals surface area (Å²) in [6.45, 7) is 1.45. The molecule has 0 saturated heterocycles. The summed E-state index contributed by atoms with van der Waals surface area (Å²) in [7, 11) is 0. The van der Waals surface area contributed by atoms with Crippen molar-refractivity contribution in [1.29, 1.82) is 0 Å². The third-order valence-corrected chi connectivity index (χ3v) is 6.29. The van der Waals surface area contributed by atoms with E-state index in [1.54, 1.807) is 0 Å². The van der Waals surface area contributed by atoms with Gasteiger partial charge in [-0.15, -0.1) is 0 Å². The van der Waals surface area contributed by atoms with Gasteiger partial charge in [-0.2, -0.15) is 5.10 Å². The summed E-state index contributed by atoms with van der Waals surface area (Å²) in [5, 5.41) is 9.75. The summed E-state index contributed by atoms with van der Waals surface area (Å²) in [6, 6.07) is 23.7. The minimum Gasteiger partial charge on any atom is -0.489 e. The molecule has 5 rings (SSSR count). The monoisotopic (exact) mass is 463 g/mol. The minimum atomic E-state index is 0.536. The first kappa shape index (κ1) is 20.9. The van der Waals surface area contributed by atoms with Crippen molar-refractivity contribution < 1.29 is 4.74 Å². The normalized spacial score (nSPS) is 13.2. The Morgan fingerprint density at radius 3 is 2.38 bits per heavy atom. The quantitative estimate of drug-likeness (QED) is 0.340. The molecule has 3 aromatic carbocycles. The lowest BCUT2D eigenvalue weighted by Crippen LogP contribution is -2.07. The second-order valence-corrected chi connectivity index (χ2v) is 8.65. The average Bonchev–Trinajstić information content (AvgIpc) is 2.99. The van der Waals surface area contributed by atoms with Crippen molar-refractivity contribution in [3.63, 3.8) is 0 Å². The van der Waals surface area contributed by atoms with E-state index in [4.69, 9.17) is 33.0 Å². The van der Waals surface area contributed by atoms with Crippen LogP contribution in [0.5, 0.6) is 5.75 Å². The van der Waals surface area contributed by atoms with Crippen LogP contribution in [0.2, 0.25) is 10.0 Å². The van der Waals surface area contributed by atoms with Gasteiger partial charge in [-0.05, 0) is 61.2 Å². The van der Waals surface area contributed by atoms with Crippen LogP contribution in [0.1, 0.15) is 24.0 Å². The Hall–Kier alpha value is -2.95. The van der Waals surface area contributed by atoms with Crippen molar-refractivity contribution in [3.8, 4) is 22.7 Å². The van der Waals surface area contributed by atoms with Crippen LogP contribution < -0.4 is 10.1 Å². The maximum absolute atomic E-state index is 6.54. The predicted octanol–water partition coefficient (Wildman–Crippen LogP) is 7.17. The molecule has 1 aliphatic heterocycles. The van der Waals surface area contributed by atoms with E-state index in [-0.39, 0.29) is 0 Å². The lowest BCUT2D eigenvalue weighted by Gasteiger charge is -2.11. The number of ether oxygens (including phenoxy) is 1. The first-order valence-corrected chi connectivity index (χ1v) is 11.5. The van der Waals surface area contributed by atoms with Gasteiger partial charge >= 0.3 is 0 Å². The topological polar surface area (TPSA) is 39.1 Å². The molecule has 0 fully saturated rings. The minimum absolute atomic E-state index is 0.536. The van der Waals surface area contributed by atoms with Crippen LogP contribution >= 0.6 is 23.2 Å². The van der Waals surface area contributed by atoms with Crippen LogP contribution in [0.3, 0.4) is 0 Å². The third kappa shape index (κ3) is 4.21. The lowest BCUT2D eigenvalue weighted by atomic mass is 10.0. The van der Waals surface area contributed by atoms with Gasteiger partial charge in [0.25, 0.3) is 0 Å². The molecule has 0 unspecified atom stereocenters. The number of benzene rings is 3. The molecule has 2 heterocycles. The summed E-state index contributed by atoms with van der Waals surface area (Å²) in [4.78, 5) is 0. The Morgan fingerprint density at radius 2 is 1.62 bits per heavy atom. The summed E-state index contributed by atoms with van der Waals surface area (Å²) in [5.41, 5.74) is 4.88. The van der Waals surface area contributed by atoms with E-state index in [9.17, 15) is 0 Å². The van der Waals surface area contributed by atoms with Crippen LogP contribution in [0.15, 0.2) is 72.8 Å². The van der Waals surface area contributed by atoms with Crippen molar-refractivity contribution in [1.82, 2.24) is 9.78 Å². The summed E-state index contributed by atoms with van der Waals surface area (Å²) in [6.07, 6.45) is 3.13. The molecule has 0 aliphatic carbocycles. The van der Waals surface area contributed by atoms with Gasteiger partial charge < -0.3 is 10.1 Å². The van der Waals surface area contributed by atoms with Gasteiger partial charge in [-0.3, -0.25) is 0 Å². The van der Waals surface area contributed by atoms with Crippen molar-refractivity contribution in [2.45, 2.75) is 25.9 Å². The highest BCUT2D eigenvalue weighted by Gasteiger charge is 2.24. The Kier molecular flexibility index (Phi) is 6.06. The second-order valence-electron chi connectivity index (χ2n) is 7.84. The van der Waals surface area contributed by atoms with E-state index in [1.807, 2.05) is 65.3 Å². The number of fused-ring (bicyclic) bond motifs is 1. The molecule has 162 valence electrons. The van der Waals surface area contributed by atoms with E-state index >= 15 is 0 Å². The number of rotatable bonds is 5. The lowest BCUT2D eigenvalue weighted by molar-refractivity contribution is 0.306. The van der Waals surface area contributed by atoms with E-state index in [1.165, 1.54) is 0 Å². The molecule has 1 aliphatic rings. The highest BCUT2D eigenvalue weighted by molar-refractivity contribution is 6.39. The average molecular weight is 464 g/mol. The molecule has 1 N–H and O–H groups in total. The molecule has 0 atom stereocenters. The second kappa shape index (κ2) is 9.27. The molecule has 6 heteroatoms. The SMILES string of the molecule is Clc1cccc(Cl)c1-c1nn(-c2ccc(OCc3ccccc3)cc2)c2c1CCCCN2. The molecule has 0 radical (unpaired) electrons. The zero-order chi connectivity index (χ0) is 21.9. The van der Waals surface area contributed by atoms with Crippen molar-refractivity contribution >= 4 is 29.0 Å². The van der Waals surface area contributed by atoms with Gasteiger partial charge in [0.1, 0.15) is 23.9 Å². The van der Waals surface area contributed by atoms with E-state index in [2.05, 4.69) is 17.4 Å². The predicted molar refractivity (Wildman–Crippen MR) is 131 cm³/mol. The van der Waals surface area contributed by atoms with Gasteiger partial charge in [-0.1, -0.05) is 59.6 Å². The first-order chi connectivity index (χ1) is 15.7. The van der Waals surface area contributed by atoms with Crippen LogP contribution in [-0.2, 0) is 13.0 Å². The number of nitrogens with one attached hydrogen (secondary N) is 1. The molecule has 0 spiro atoms. The smallest absolute Gasteiger partial charge is 0.133 e. The molecule has 4 nitrogen and oxygen atoms in total. The molecular weight excluding hydrogens is 441 g/mol. The molecule has 0 saturated carbocycles. The fourth-order valence-corrected chi connectivity index (χ4v) is 4.61. The standard InChI is InChI=1S/C26H23Cl2N3O/c27-22-10-6-11-23(28)24(22)25-21-9-4-5-16-29-26(21)31(30-25)19-12-14-20(15-13-19)32-17-18-7-2-1-3-8-18/h1-3,6-8,10-15,29H,4-5,9,16-17H2. The van der Waals surface area contributed by atoms with Gasteiger partial charge in [0.15, 0.2) is 0 Å². The molecule has 1 aromatic heterocycles. The van der Waals surface area contributed by atoms with Crippen LogP contribution in [-0.4, -0.2) is 16.3 Å². The van der Waals surface area contributed by atoms with Crippen molar-refractivity contribution in [2.75, 3.05) is 11.9 Å². The van der Waals surface area contributed by atoms with Crippen LogP contribution in [0.4, 0.5) is 5.82 Å². The highest BCUT2D eigenvalue weighted by atomic mass is 35.5. The first-order valence-electron chi connectivity index (χ1n) is 10.8. The zero-order valence-corrected chi connectivity index (χ0v) is 19.0. The maximum atomic E-state index is 6.54. The fraction of sp³-hybridized carbons (Fsp3) is 0.192. The van der Waals surface area contributed by atoms with Crippen molar-refractivity contribution in [2.24, 2.45) is 0 Å². The van der Waals surface area contributed by atoms with Crippen LogP contribution in [0, 0.1) is 0 Å². The van der Waals surface area contributed by atoms with E-state index < -0.39 is 0 Å². The number of anilines is 1. The third-order valence-electron chi connectivity index (χ3n) is 5.66. The maximum Gasteiger partial charge on any atom is 0.133 e. The molecule has 0 amide bonds. The Labute approximate surface area is 197 Å². The van der Waals surface area contributed by atoms with E-state index in [0.29, 0.717) is 16.7 Å². The molecule has 32 heavy (non-hydrogen) atoms. The fourth-order valence-electron chi connectivity index (χ4n) is 4.04. The molecular formula is C26H23Cl2N3O. The highest BCUT2D eigenvalue weighted by Crippen LogP contribution is 2.40. The summed E-state index contributed by atoms with van der Waals surface area (Å²) in [5.74, 6) is 1.82. The molecule has 0 bridgehead atoms. The van der Waals surface area contributed by atoms with Crippen LogP contribution in [0.25, 0.3) is 16.9 Å². The number of hydrogen-bond donors (Lipinski definition) is 1. The molecule has 4 aromatic rings. The zero-order valence-electron chi connectivity index (χ0n) is 17.5. The van der Waals surface area contributed by atoms with Crippen molar-refractivity contribution in [3.05, 3.63) is 94.0 Å². The van der Waals surface area contributed by atoms with Gasteiger partial charge in [0, 0.05) is 17.7 Å². The Morgan fingerprint density at radius 1 is 0.875 bits per heavy atom. The number of aromatic nitrogens is 2.